The lowest BCUT2D eigenvalue weighted by atomic mass is 10.1. The van der Waals surface area contributed by atoms with Crippen molar-refractivity contribution < 1.29 is 13.4 Å². The van der Waals surface area contributed by atoms with Crippen molar-refractivity contribution in [3.8, 4) is 0 Å². The van der Waals surface area contributed by atoms with E-state index in [1.807, 2.05) is 0 Å². The molecule has 1 aromatic carbocycles. The molecule has 22 heavy (non-hydrogen) atoms. The van der Waals surface area contributed by atoms with Gasteiger partial charge >= 0.3 is 6.01 Å². The molecule has 0 bridgehead atoms. The van der Waals surface area contributed by atoms with E-state index in [1.54, 1.807) is 12.1 Å². The standard InChI is InChI=1S/C13H13ClN4O3S/c1-22(15,20)11-8(7-2-3-7)4-5-9(10(11)14)12(19)17-13-18-16-6-21-13/h4-7,15H,2-3H2,1H3,(H,17,18,19). The first kappa shape index (κ1) is 15.0. The summed E-state index contributed by atoms with van der Waals surface area (Å²) in [5.41, 5.74) is 0.919. The average molecular weight is 341 g/mol. The maximum atomic E-state index is 12.3. The first-order chi connectivity index (χ1) is 10.4. The number of nitrogens with zero attached hydrogens (tertiary/aromatic N) is 2. The Morgan fingerprint density at radius 3 is 2.77 bits per heavy atom. The Morgan fingerprint density at radius 2 is 2.23 bits per heavy atom. The molecule has 7 nitrogen and oxygen atoms in total. The number of halogens is 1. The van der Waals surface area contributed by atoms with Crippen LogP contribution in [0.1, 0.15) is 34.7 Å². The monoisotopic (exact) mass is 340 g/mol. The smallest absolute Gasteiger partial charge is 0.322 e. The Labute approximate surface area is 132 Å². The lowest BCUT2D eigenvalue weighted by Crippen LogP contribution is -2.15. The van der Waals surface area contributed by atoms with Gasteiger partial charge in [0.05, 0.1) is 25.2 Å². The van der Waals surface area contributed by atoms with E-state index >= 15 is 0 Å². The van der Waals surface area contributed by atoms with Crippen LogP contribution < -0.4 is 5.32 Å². The second-order valence-electron chi connectivity index (χ2n) is 5.16. The van der Waals surface area contributed by atoms with Gasteiger partial charge < -0.3 is 4.42 Å². The SMILES string of the molecule is CS(=N)(=O)c1c(C2CC2)ccc(C(=O)Nc2nnco2)c1Cl. The molecule has 1 saturated carbocycles. The molecule has 0 radical (unpaired) electrons. The topological polar surface area (TPSA) is 109 Å². The molecule has 2 N–H and O–H groups in total. The number of anilines is 1. The fraction of sp³-hybridized carbons (Fsp3) is 0.308. The second kappa shape index (κ2) is 5.36. The van der Waals surface area contributed by atoms with Crippen LogP contribution in [-0.4, -0.2) is 26.6 Å². The fourth-order valence-corrected chi connectivity index (χ4v) is 4.09. The van der Waals surface area contributed by atoms with Crippen LogP contribution in [0.2, 0.25) is 5.02 Å². The summed E-state index contributed by atoms with van der Waals surface area (Å²) in [5, 5.41) is 9.46. The van der Waals surface area contributed by atoms with Gasteiger partial charge in [0.2, 0.25) is 6.39 Å². The molecule has 9 heteroatoms. The number of hydrogen-bond donors (Lipinski definition) is 2. The van der Waals surface area contributed by atoms with Crippen molar-refractivity contribution in [2.45, 2.75) is 23.7 Å². The molecule has 1 amide bonds. The quantitative estimate of drug-likeness (QED) is 0.889. The molecule has 1 aromatic heterocycles. The molecule has 1 unspecified atom stereocenters. The molecule has 116 valence electrons. The molecule has 0 saturated heterocycles. The van der Waals surface area contributed by atoms with Gasteiger partial charge in [-0.1, -0.05) is 22.8 Å². The van der Waals surface area contributed by atoms with Crippen molar-refractivity contribution >= 4 is 33.3 Å². The van der Waals surface area contributed by atoms with Gasteiger partial charge in [-0.3, -0.25) is 10.1 Å². The first-order valence-electron chi connectivity index (χ1n) is 6.51. The van der Waals surface area contributed by atoms with Gasteiger partial charge in [-0.15, -0.1) is 5.10 Å². The van der Waals surface area contributed by atoms with Crippen molar-refractivity contribution in [3.05, 3.63) is 34.7 Å². The van der Waals surface area contributed by atoms with Crippen LogP contribution >= 0.6 is 11.6 Å². The predicted molar refractivity (Wildman–Crippen MR) is 80.7 cm³/mol. The maximum Gasteiger partial charge on any atom is 0.322 e. The summed E-state index contributed by atoms with van der Waals surface area (Å²) >= 11 is 6.28. The summed E-state index contributed by atoms with van der Waals surface area (Å²) in [6, 6.07) is 3.23. The summed E-state index contributed by atoms with van der Waals surface area (Å²) in [6.45, 7) is 0. The van der Waals surface area contributed by atoms with Gasteiger partial charge in [-0.05, 0) is 30.4 Å². The van der Waals surface area contributed by atoms with Gasteiger partial charge in [0, 0.05) is 6.26 Å². The van der Waals surface area contributed by atoms with Crippen LogP contribution in [0.4, 0.5) is 6.01 Å². The fourth-order valence-electron chi connectivity index (χ4n) is 2.25. The summed E-state index contributed by atoms with van der Waals surface area (Å²) < 4.78 is 25.0. The zero-order chi connectivity index (χ0) is 15.9. The van der Waals surface area contributed by atoms with E-state index in [4.69, 9.17) is 20.8 Å². The van der Waals surface area contributed by atoms with Crippen molar-refractivity contribution in [3.63, 3.8) is 0 Å². The molecule has 1 fully saturated rings. The number of nitrogens with one attached hydrogen (secondary N) is 2. The maximum absolute atomic E-state index is 12.3. The number of carbonyl (C=O) groups is 1. The van der Waals surface area contributed by atoms with Gasteiger partial charge in [-0.2, -0.15) is 0 Å². The van der Waals surface area contributed by atoms with Crippen LogP contribution in [0.15, 0.2) is 27.8 Å². The number of aromatic nitrogens is 2. The van der Waals surface area contributed by atoms with Crippen molar-refractivity contribution in [1.29, 1.82) is 4.78 Å². The van der Waals surface area contributed by atoms with Crippen LogP contribution in [0, 0.1) is 4.78 Å². The highest BCUT2D eigenvalue weighted by molar-refractivity contribution is 7.91. The Morgan fingerprint density at radius 1 is 1.50 bits per heavy atom. The number of rotatable bonds is 4. The van der Waals surface area contributed by atoms with E-state index in [0.29, 0.717) is 0 Å². The van der Waals surface area contributed by atoms with E-state index in [2.05, 4.69) is 15.5 Å². The molecule has 0 aliphatic heterocycles. The number of hydrogen-bond acceptors (Lipinski definition) is 6. The highest BCUT2D eigenvalue weighted by Crippen LogP contribution is 2.45. The lowest BCUT2D eigenvalue weighted by Gasteiger charge is -2.14. The van der Waals surface area contributed by atoms with Gasteiger partial charge in [0.15, 0.2) is 0 Å². The third-order valence-electron chi connectivity index (χ3n) is 3.36. The zero-order valence-corrected chi connectivity index (χ0v) is 13.2. The van der Waals surface area contributed by atoms with Crippen molar-refractivity contribution in [2.24, 2.45) is 0 Å². The highest BCUT2D eigenvalue weighted by atomic mass is 35.5. The minimum Gasteiger partial charge on any atom is -0.411 e. The van der Waals surface area contributed by atoms with E-state index in [9.17, 15) is 9.00 Å². The Bertz CT molecular complexity index is 829. The normalized spacial score (nSPS) is 17.0. The van der Waals surface area contributed by atoms with E-state index < -0.39 is 15.6 Å². The average Bonchev–Trinajstić information content (AvgIpc) is 3.15. The number of amides is 1. The predicted octanol–water partition coefficient (Wildman–Crippen LogP) is 2.89. The lowest BCUT2D eigenvalue weighted by molar-refractivity contribution is 0.102. The molecular weight excluding hydrogens is 328 g/mol. The Kier molecular flexibility index (Phi) is 3.65. The van der Waals surface area contributed by atoms with Crippen LogP contribution in [0.25, 0.3) is 0 Å². The van der Waals surface area contributed by atoms with E-state index in [-0.39, 0.29) is 27.4 Å². The van der Waals surface area contributed by atoms with Gasteiger partial charge in [0.25, 0.3) is 5.91 Å². The highest BCUT2D eigenvalue weighted by Gasteiger charge is 2.31. The zero-order valence-electron chi connectivity index (χ0n) is 11.6. The summed E-state index contributed by atoms with van der Waals surface area (Å²) in [4.78, 5) is 12.5. The van der Waals surface area contributed by atoms with Crippen molar-refractivity contribution in [2.75, 3.05) is 11.6 Å². The molecule has 3 rings (SSSR count). The summed E-state index contributed by atoms with van der Waals surface area (Å²) in [7, 11) is -3.05. The number of carbonyl (C=O) groups excluding carboxylic acids is 1. The van der Waals surface area contributed by atoms with E-state index in [1.165, 1.54) is 6.26 Å². The van der Waals surface area contributed by atoms with Crippen LogP contribution in [-0.2, 0) is 9.73 Å². The van der Waals surface area contributed by atoms with Crippen LogP contribution in [0.5, 0.6) is 0 Å². The Balaban J connectivity index is 2.04. The van der Waals surface area contributed by atoms with Crippen LogP contribution in [0.3, 0.4) is 0 Å². The van der Waals surface area contributed by atoms with Crippen molar-refractivity contribution in [1.82, 2.24) is 10.2 Å². The summed E-state index contributed by atoms with van der Waals surface area (Å²) in [5.74, 6) is -0.284. The second-order valence-corrected chi connectivity index (χ2v) is 7.63. The molecule has 0 spiro atoms. The van der Waals surface area contributed by atoms with Gasteiger partial charge in [0.1, 0.15) is 0 Å². The minimum absolute atomic E-state index is 0.0453. The molecule has 1 atom stereocenters. The minimum atomic E-state index is -3.05. The Hall–Kier alpha value is -1.93. The number of benzene rings is 1. The van der Waals surface area contributed by atoms with E-state index in [0.717, 1.165) is 24.8 Å². The first-order valence-corrected chi connectivity index (χ1v) is 8.86. The molecule has 1 heterocycles. The third kappa shape index (κ3) is 2.84. The van der Waals surface area contributed by atoms with Gasteiger partial charge in [-0.25, -0.2) is 8.99 Å². The molecule has 1 aliphatic carbocycles. The summed E-state index contributed by atoms with van der Waals surface area (Å²) in [6.07, 6.45) is 4.35. The largest absolute Gasteiger partial charge is 0.411 e. The molecular formula is C13H13ClN4O3S. The molecule has 2 aromatic rings. The molecule has 1 aliphatic rings. The third-order valence-corrected chi connectivity index (χ3v) is 5.08.